The molecule has 6 nitrogen and oxygen atoms in total. The average Bonchev–Trinajstić information content (AvgIpc) is 2.64. The Morgan fingerprint density at radius 1 is 1.26 bits per heavy atom. The molecule has 2 rings (SSSR count). The molecule has 0 spiro atoms. The van der Waals surface area contributed by atoms with Gasteiger partial charge in [0.25, 0.3) is 0 Å². The number of rotatable bonds is 8. The maximum Gasteiger partial charge on any atom is 0.412 e. The van der Waals surface area contributed by atoms with E-state index in [0.717, 1.165) is 10.5 Å². The third-order valence-electron chi connectivity index (χ3n) is 3.76. The molecule has 0 aliphatic rings. The van der Waals surface area contributed by atoms with Crippen LogP contribution < -0.4 is 5.32 Å². The fraction of sp³-hybridized carbons (Fsp3) is 0.316. The first-order valence-electron chi connectivity index (χ1n) is 8.38. The Morgan fingerprint density at radius 3 is 2.56 bits per heavy atom. The third-order valence-corrected chi connectivity index (χ3v) is 4.29. The van der Waals surface area contributed by atoms with Gasteiger partial charge in [-0.05, 0) is 48.9 Å². The summed E-state index contributed by atoms with van der Waals surface area (Å²) in [4.78, 5) is 12.3. The summed E-state index contributed by atoms with van der Waals surface area (Å²) in [6.07, 6.45) is -2.22. The van der Waals surface area contributed by atoms with Crippen molar-refractivity contribution >= 4 is 27.7 Å². The molecule has 1 amide bonds. The molecule has 27 heavy (non-hydrogen) atoms. The van der Waals surface area contributed by atoms with E-state index in [9.17, 15) is 19.4 Å². The molecule has 0 bridgehead atoms. The van der Waals surface area contributed by atoms with Gasteiger partial charge in [-0.3, -0.25) is 5.32 Å². The zero-order valence-electron chi connectivity index (χ0n) is 14.7. The Labute approximate surface area is 165 Å². The molecule has 0 saturated heterocycles. The molecule has 0 fully saturated rings. The summed E-state index contributed by atoms with van der Waals surface area (Å²) in [7, 11) is 0. The molecule has 2 atom stereocenters. The molecular weight excluding hydrogens is 421 g/mol. The minimum absolute atomic E-state index is 0.187. The van der Waals surface area contributed by atoms with Gasteiger partial charge in [0.15, 0.2) is 17.7 Å². The Morgan fingerprint density at radius 2 is 1.96 bits per heavy atom. The number of anilines is 1. The lowest BCUT2D eigenvalue weighted by atomic mass is 10.0. The molecule has 8 heteroatoms. The summed E-state index contributed by atoms with van der Waals surface area (Å²) in [5, 5.41) is 21.3. The molecule has 0 saturated carbocycles. The van der Waals surface area contributed by atoms with Crippen LogP contribution in [0.1, 0.15) is 25.0 Å². The highest BCUT2D eigenvalue weighted by Crippen LogP contribution is 2.29. The van der Waals surface area contributed by atoms with Crippen molar-refractivity contribution in [2.75, 3.05) is 18.5 Å². The molecule has 0 radical (unpaired) electrons. The number of aliphatic hydroxyl groups excluding tert-OH is 1. The maximum absolute atomic E-state index is 13.8. The van der Waals surface area contributed by atoms with Gasteiger partial charge in [0.05, 0.1) is 0 Å². The van der Waals surface area contributed by atoms with E-state index in [1.807, 2.05) is 0 Å². The number of phenols is 1. The van der Waals surface area contributed by atoms with E-state index in [1.165, 1.54) is 12.1 Å². The van der Waals surface area contributed by atoms with Crippen LogP contribution in [0, 0.1) is 5.82 Å². The molecule has 2 aromatic rings. The lowest BCUT2D eigenvalue weighted by Gasteiger charge is -2.27. The van der Waals surface area contributed by atoms with E-state index in [2.05, 4.69) is 21.2 Å². The van der Waals surface area contributed by atoms with Crippen LogP contribution in [0.15, 0.2) is 46.9 Å². The van der Waals surface area contributed by atoms with Crippen LogP contribution >= 0.6 is 15.9 Å². The first-order valence-corrected chi connectivity index (χ1v) is 9.18. The number of phenolic OH excluding ortho intramolecular Hbond substituents is 1. The summed E-state index contributed by atoms with van der Waals surface area (Å²) in [6.45, 7) is 1.89. The SMILES string of the molecule is CCO[C@@H](CCO)[C@@H](OC(=O)Nc1ccc(Br)cc1)c1ccc(O)c(F)c1. The van der Waals surface area contributed by atoms with Crippen molar-refractivity contribution in [3.05, 3.63) is 58.3 Å². The Hall–Kier alpha value is -2.16. The molecule has 3 N–H and O–H groups in total. The molecule has 2 aromatic carbocycles. The largest absolute Gasteiger partial charge is 0.505 e. The second-order valence-corrected chi connectivity index (χ2v) is 6.59. The van der Waals surface area contributed by atoms with Gasteiger partial charge in [0.2, 0.25) is 0 Å². The Bertz CT molecular complexity index is 750. The highest BCUT2D eigenvalue weighted by atomic mass is 79.9. The molecule has 0 heterocycles. The van der Waals surface area contributed by atoms with Crippen molar-refractivity contribution in [2.45, 2.75) is 25.6 Å². The molecule has 0 aliphatic carbocycles. The van der Waals surface area contributed by atoms with Gasteiger partial charge in [0.1, 0.15) is 6.10 Å². The molecule has 0 aromatic heterocycles. The van der Waals surface area contributed by atoms with Gasteiger partial charge in [-0.2, -0.15) is 0 Å². The first-order chi connectivity index (χ1) is 12.9. The topological polar surface area (TPSA) is 88.0 Å². The number of carbonyl (C=O) groups excluding carboxylic acids is 1. The number of nitrogens with one attached hydrogen (secondary N) is 1. The zero-order chi connectivity index (χ0) is 19.8. The molecular formula is C19H21BrFNO5. The average molecular weight is 442 g/mol. The van der Waals surface area contributed by atoms with Crippen LogP contribution in [0.4, 0.5) is 14.9 Å². The van der Waals surface area contributed by atoms with Gasteiger partial charge in [-0.15, -0.1) is 0 Å². The van der Waals surface area contributed by atoms with E-state index in [0.29, 0.717) is 17.9 Å². The van der Waals surface area contributed by atoms with Gasteiger partial charge in [0, 0.05) is 29.8 Å². The Balaban J connectivity index is 2.23. The molecule has 146 valence electrons. The third kappa shape index (κ3) is 6.20. The van der Waals surface area contributed by atoms with Crippen LogP contribution in [0.25, 0.3) is 0 Å². The minimum atomic E-state index is -0.970. The highest BCUT2D eigenvalue weighted by Gasteiger charge is 2.28. The minimum Gasteiger partial charge on any atom is -0.505 e. The van der Waals surface area contributed by atoms with Crippen LogP contribution in [0.3, 0.4) is 0 Å². The predicted molar refractivity (Wildman–Crippen MR) is 102 cm³/mol. The highest BCUT2D eigenvalue weighted by molar-refractivity contribution is 9.10. The van der Waals surface area contributed by atoms with Gasteiger partial charge < -0.3 is 19.7 Å². The molecule has 0 unspecified atom stereocenters. The van der Waals surface area contributed by atoms with Crippen LogP contribution in [-0.4, -0.2) is 35.6 Å². The second kappa shape index (κ2) is 10.2. The number of hydrogen-bond acceptors (Lipinski definition) is 5. The maximum atomic E-state index is 13.8. The van der Waals surface area contributed by atoms with Crippen LogP contribution in [0.2, 0.25) is 0 Å². The van der Waals surface area contributed by atoms with Crippen molar-refractivity contribution in [2.24, 2.45) is 0 Å². The second-order valence-electron chi connectivity index (χ2n) is 5.67. The standard InChI is InChI=1S/C19H21BrFNO5/c1-2-26-17(9-10-23)18(12-3-8-16(24)15(21)11-12)27-19(25)22-14-6-4-13(20)5-7-14/h3-8,11,17-18,23-24H,2,9-10H2,1H3,(H,22,25)/t17-,18-/m0/s1. The van der Waals surface area contributed by atoms with E-state index < -0.39 is 29.9 Å². The summed E-state index contributed by atoms with van der Waals surface area (Å²) in [6, 6.07) is 10.6. The van der Waals surface area contributed by atoms with Crippen molar-refractivity contribution in [1.82, 2.24) is 0 Å². The summed E-state index contributed by atoms with van der Waals surface area (Å²) in [5.41, 5.74) is 0.831. The number of benzene rings is 2. The number of carbonyl (C=O) groups is 1. The van der Waals surface area contributed by atoms with Crippen LogP contribution in [-0.2, 0) is 9.47 Å². The van der Waals surface area contributed by atoms with E-state index >= 15 is 0 Å². The number of ether oxygens (including phenoxy) is 2. The predicted octanol–water partition coefficient (Wildman–Crippen LogP) is 4.37. The lowest BCUT2D eigenvalue weighted by molar-refractivity contribution is -0.0485. The summed E-state index contributed by atoms with van der Waals surface area (Å²) >= 11 is 3.31. The van der Waals surface area contributed by atoms with E-state index in [-0.39, 0.29) is 13.0 Å². The van der Waals surface area contributed by atoms with Crippen LogP contribution in [0.5, 0.6) is 5.75 Å². The van der Waals surface area contributed by atoms with Crippen molar-refractivity contribution < 1.29 is 28.9 Å². The van der Waals surface area contributed by atoms with E-state index in [1.54, 1.807) is 31.2 Å². The summed E-state index contributed by atoms with van der Waals surface area (Å²) in [5.74, 6) is -1.35. The quantitative estimate of drug-likeness (QED) is 0.565. The van der Waals surface area contributed by atoms with E-state index in [4.69, 9.17) is 9.47 Å². The van der Waals surface area contributed by atoms with Crippen molar-refractivity contribution in [3.8, 4) is 5.75 Å². The number of aromatic hydroxyl groups is 1. The number of amides is 1. The van der Waals surface area contributed by atoms with Gasteiger partial charge in [-0.25, -0.2) is 9.18 Å². The molecule has 0 aliphatic heterocycles. The Kier molecular flexibility index (Phi) is 8.02. The van der Waals surface area contributed by atoms with Crippen molar-refractivity contribution in [1.29, 1.82) is 0 Å². The first kappa shape index (κ1) is 21.1. The number of aliphatic hydroxyl groups is 1. The fourth-order valence-corrected chi connectivity index (χ4v) is 2.78. The lowest BCUT2D eigenvalue weighted by Crippen LogP contribution is -2.29. The number of hydrogen-bond donors (Lipinski definition) is 3. The number of halogens is 2. The fourth-order valence-electron chi connectivity index (χ4n) is 2.52. The van der Waals surface area contributed by atoms with Crippen molar-refractivity contribution in [3.63, 3.8) is 0 Å². The van der Waals surface area contributed by atoms with Gasteiger partial charge in [-0.1, -0.05) is 22.0 Å². The smallest absolute Gasteiger partial charge is 0.412 e. The summed E-state index contributed by atoms with van der Waals surface area (Å²) < 4.78 is 25.7. The zero-order valence-corrected chi connectivity index (χ0v) is 16.3. The monoisotopic (exact) mass is 441 g/mol. The van der Waals surface area contributed by atoms with Gasteiger partial charge >= 0.3 is 6.09 Å². The normalized spacial score (nSPS) is 13.0.